The first-order valence-electron chi connectivity index (χ1n) is 15.2. The fourth-order valence-electron chi connectivity index (χ4n) is 6.95. The Kier molecular flexibility index (Phi) is 5.41. The van der Waals surface area contributed by atoms with Gasteiger partial charge in [0.2, 0.25) is 0 Å². The van der Waals surface area contributed by atoms with Crippen molar-refractivity contribution in [2.24, 2.45) is 0 Å². The summed E-state index contributed by atoms with van der Waals surface area (Å²) in [7, 11) is 0. The molecule has 0 radical (unpaired) electrons. The molecule has 4 heterocycles. The topological polar surface area (TPSA) is 25.2 Å². The van der Waals surface area contributed by atoms with E-state index in [4.69, 9.17) is 4.42 Å². The molecule has 0 bridgehead atoms. The SMILES string of the molecule is C1=CCNC(c2cc(-c3ccc4oc5ccc6ccccc6c5c4c3)cc(-c3ccc4sc5sc6ccccc6c5c4c3)c2)=C1. The van der Waals surface area contributed by atoms with Gasteiger partial charge in [0.25, 0.3) is 0 Å². The summed E-state index contributed by atoms with van der Waals surface area (Å²) in [6, 6.07) is 42.2. The van der Waals surface area contributed by atoms with E-state index in [0.717, 1.165) is 28.8 Å². The van der Waals surface area contributed by atoms with Gasteiger partial charge in [0.15, 0.2) is 0 Å². The van der Waals surface area contributed by atoms with Gasteiger partial charge in [-0.25, -0.2) is 0 Å². The highest BCUT2D eigenvalue weighted by molar-refractivity contribution is 7.44. The number of furan rings is 1. The fraction of sp³-hybridized carbons (Fsp3) is 0.0244. The van der Waals surface area contributed by atoms with Crippen LogP contribution < -0.4 is 5.32 Å². The van der Waals surface area contributed by atoms with Gasteiger partial charge in [0.1, 0.15) is 11.2 Å². The minimum absolute atomic E-state index is 0.829. The minimum atomic E-state index is 0.829. The summed E-state index contributed by atoms with van der Waals surface area (Å²) >= 11 is 3.81. The zero-order chi connectivity index (χ0) is 29.5. The molecule has 0 saturated heterocycles. The number of benzene rings is 6. The van der Waals surface area contributed by atoms with Gasteiger partial charge >= 0.3 is 0 Å². The normalized spacial score (nSPS) is 13.5. The van der Waals surface area contributed by atoms with Crippen molar-refractivity contribution >= 4 is 90.7 Å². The van der Waals surface area contributed by atoms with E-state index in [9.17, 15) is 0 Å². The third kappa shape index (κ3) is 3.93. The quantitative estimate of drug-likeness (QED) is 0.215. The number of rotatable bonds is 3. The maximum Gasteiger partial charge on any atom is 0.136 e. The molecular weight excluding hydrogens is 587 g/mol. The molecule has 0 aliphatic carbocycles. The van der Waals surface area contributed by atoms with Crippen LogP contribution >= 0.6 is 22.7 Å². The van der Waals surface area contributed by atoms with E-state index in [1.807, 2.05) is 22.7 Å². The van der Waals surface area contributed by atoms with Crippen molar-refractivity contribution in [1.29, 1.82) is 0 Å². The van der Waals surface area contributed by atoms with Crippen LogP contribution in [0.5, 0.6) is 0 Å². The highest BCUT2D eigenvalue weighted by Gasteiger charge is 2.16. The average Bonchev–Trinajstić information content (AvgIpc) is 3.77. The number of dihydropyridines is 1. The Hall–Kier alpha value is -5.16. The Bertz CT molecular complexity index is 2720. The minimum Gasteiger partial charge on any atom is -0.456 e. The second kappa shape index (κ2) is 9.67. The second-order valence-corrected chi connectivity index (χ2v) is 14.1. The van der Waals surface area contributed by atoms with Gasteiger partial charge in [-0.2, -0.15) is 0 Å². The number of thiophene rings is 2. The molecule has 3 aromatic heterocycles. The smallest absolute Gasteiger partial charge is 0.136 e. The number of hydrogen-bond donors (Lipinski definition) is 1. The van der Waals surface area contributed by atoms with Crippen molar-refractivity contribution in [3.8, 4) is 22.3 Å². The summed E-state index contributed by atoms with van der Waals surface area (Å²) in [5.74, 6) is 0. The lowest BCUT2D eigenvalue weighted by Crippen LogP contribution is -2.14. The zero-order valence-electron chi connectivity index (χ0n) is 24.1. The maximum atomic E-state index is 6.33. The molecule has 4 heteroatoms. The largest absolute Gasteiger partial charge is 0.456 e. The van der Waals surface area contributed by atoms with Crippen molar-refractivity contribution in [3.05, 3.63) is 139 Å². The third-order valence-corrected chi connectivity index (χ3v) is 11.5. The van der Waals surface area contributed by atoms with Crippen LogP contribution in [0.2, 0.25) is 0 Å². The van der Waals surface area contributed by atoms with Crippen LogP contribution in [0.1, 0.15) is 5.56 Å². The fourth-order valence-corrected chi connectivity index (χ4v) is 9.53. The van der Waals surface area contributed by atoms with Crippen LogP contribution in [0.3, 0.4) is 0 Å². The summed E-state index contributed by atoms with van der Waals surface area (Å²) in [5, 5.41) is 12.4. The van der Waals surface area contributed by atoms with Gasteiger partial charge in [-0.15, -0.1) is 22.7 Å². The molecular formula is C41H25NOS2. The Balaban J connectivity index is 1.20. The van der Waals surface area contributed by atoms with E-state index in [1.165, 1.54) is 73.5 Å². The van der Waals surface area contributed by atoms with Gasteiger partial charge in [-0.05, 0) is 99.3 Å². The van der Waals surface area contributed by atoms with Crippen molar-refractivity contribution in [2.45, 2.75) is 0 Å². The van der Waals surface area contributed by atoms with Crippen LogP contribution in [-0.4, -0.2) is 6.54 Å². The Morgan fingerprint density at radius 3 is 2.09 bits per heavy atom. The highest BCUT2D eigenvalue weighted by Crippen LogP contribution is 2.45. The first-order chi connectivity index (χ1) is 22.3. The average molecular weight is 612 g/mol. The zero-order valence-corrected chi connectivity index (χ0v) is 25.8. The number of allylic oxidation sites excluding steroid dienone is 2. The van der Waals surface area contributed by atoms with Crippen LogP contribution in [0.25, 0.3) is 90.2 Å². The molecule has 0 amide bonds. The van der Waals surface area contributed by atoms with Gasteiger partial charge in [-0.3, -0.25) is 0 Å². The molecule has 0 spiro atoms. The van der Waals surface area contributed by atoms with E-state index in [0.29, 0.717) is 0 Å². The molecule has 6 aromatic carbocycles. The Labute approximate surface area is 267 Å². The predicted molar refractivity (Wildman–Crippen MR) is 195 cm³/mol. The lowest BCUT2D eigenvalue weighted by atomic mass is 9.93. The number of hydrogen-bond acceptors (Lipinski definition) is 4. The molecule has 9 aromatic rings. The van der Waals surface area contributed by atoms with Gasteiger partial charge in [-0.1, -0.05) is 72.8 Å². The van der Waals surface area contributed by atoms with Gasteiger partial charge in [0, 0.05) is 48.6 Å². The third-order valence-electron chi connectivity index (χ3n) is 9.09. The van der Waals surface area contributed by atoms with E-state index in [1.54, 1.807) is 0 Å². The summed E-state index contributed by atoms with van der Waals surface area (Å²) in [5.41, 5.74) is 8.98. The second-order valence-electron chi connectivity index (χ2n) is 11.7. The van der Waals surface area contributed by atoms with E-state index < -0.39 is 0 Å². The first kappa shape index (κ1) is 25.2. The summed E-state index contributed by atoms with van der Waals surface area (Å²) < 4.78 is 10.4. The first-order valence-corrected chi connectivity index (χ1v) is 16.8. The Morgan fingerprint density at radius 1 is 0.533 bits per heavy atom. The molecule has 45 heavy (non-hydrogen) atoms. The van der Waals surface area contributed by atoms with E-state index in [2.05, 4.69) is 139 Å². The standard InChI is InChI=1S/C41H25NOS2/c1-2-8-30-24(7-1)12-16-36-39(30)32-22-25(13-15-35(32)43-36)27-19-28(21-29(20-27)34-10-5-6-18-42-34)26-14-17-38-33(23-26)40-31-9-3-4-11-37(31)44-41(40)45-38/h1-17,19-23,42H,18H2. The molecule has 0 atom stereocenters. The molecule has 0 unspecified atom stereocenters. The molecule has 0 fully saturated rings. The summed E-state index contributed by atoms with van der Waals surface area (Å²) in [4.78, 5) is 0. The van der Waals surface area contributed by atoms with Crippen LogP contribution in [-0.2, 0) is 0 Å². The maximum absolute atomic E-state index is 6.33. The molecule has 1 aliphatic rings. The van der Waals surface area contributed by atoms with Crippen LogP contribution in [0, 0.1) is 0 Å². The molecule has 2 nitrogen and oxygen atoms in total. The molecule has 1 N–H and O–H groups in total. The number of nitrogens with one attached hydrogen (secondary N) is 1. The van der Waals surface area contributed by atoms with Crippen LogP contribution in [0.15, 0.2) is 138 Å². The molecule has 10 rings (SSSR count). The summed E-state index contributed by atoms with van der Waals surface area (Å²) in [6.45, 7) is 0.829. The van der Waals surface area contributed by atoms with Crippen molar-refractivity contribution in [3.63, 3.8) is 0 Å². The van der Waals surface area contributed by atoms with Crippen molar-refractivity contribution in [2.75, 3.05) is 6.54 Å². The highest BCUT2D eigenvalue weighted by atomic mass is 32.2. The summed E-state index contributed by atoms with van der Waals surface area (Å²) in [6.07, 6.45) is 6.47. The lowest BCUT2D eigenvalue weighted by molar-refractivity contribution is 0.669. The number of fused-ring (bicyclic) bond motifs is 10. The predicted octanol–water partition coefficient (Wildman–Crippen LogP) is 12.2. The molecule has 0 saturated carbocycles. The van der Waals surface area contributed by atoms with E-state index in [-0.39, 0.29) is 0 Å². The molecule has 1 aliphatic heterocycles. The van der Waals surface area contributed by atoms with Crippen LogP contribution in [0.4, 0.5) is 0 Å². The monoisotopic (exact) mass is 611 g/mol. The molecule has 212 valence electrons. The van der Waals surface area contributed by atoms with Crippen molar-refractivity contribution in [1.82, 2.24) is 5.32 Å². The van der Waals surface area contributed by atoms with E-state index >= 15 is 0 Å². The van der Waals surface area contributed by atoms with Gasteiger partial charge < -0.3 is 9.73 Å². The Morgan fingerprint density at radius 2 is 1.24 bits per heavy atom. The lowest BCUT2D eigenvalue weighted by Gasteiger charge is -2.16. The van der Waals surface area contributed by atoms with Gasteiger partial charge in [0.05, 0.1) is 4.01 Å². The van der Waals surface area contributed by atoms with Crippen molar-refractivity contribution < 1.29 is 4.42 Å².